The number of thioether (sulfide) groups is 1. The first-order chi connectivity index (χ1) is 13.0. The van der Waals surface area contributed by atoms with Crippen molar-refractivity contribution in [1.82, 2.24) is 10.0 Å². The molecule has 142 valence electrons. The second-order valence-electron chi connectivity index (χ2n) is 6.09. The molecular weight excluding hydrogens is 382 g/mol. The van der Waals surface area contributed by atoms with Crippen LogP contribution in [0.4, 0.5) is 0 Å². The number of hydrogen-bond acceptors (Lipinski definition) is 5. The number of aryl methyl sites for hydroxylation is 1. The van der Waals surface area contributed by atoms with Crippen LogP contribution in [0.5, 0.6) is 0 Å². The first-order valence-electron chi connectivity index (χ1n) is 8.58. The number of aliphatic imine (C=N–C) groups is 1. The van der Waals surface area contributed by atoms with Gasteiger partial charge in [-0.05, 0) is 31.2 Å². The Morgan fingerprint density at radius 1 is 1.15 bits per heavy atom. The van der Waals surface area contributed by atoms with Gasteiger partial charge in [0.05, 0.1) is 11.4 Å². The number of rotatable bonds is 7. The van der Waals surface area contributed by atoms with Crippen molar-refractivity contribution < 1.29 is 13.2 Å². The zero-order chi connectivity index (χ0) is 19.3. The van der Waals surface area contributed by atoms with Crippen LogP contribution in [0.2, 0.25) is 0 Å². The molecule has 8 heteroatoms. The lowest BCUT2D eigenvalue weighted by Crippen LogP contribution is -2.27. The Morgan fingerprint density at radius 3 is 2.67 bits per heavy atom. The number of amidine groups is 1. The Bertz CT molecular complexity index is 954. The number of nitrogens with one attached hydrogen (secondary N) is 2. The average Bonchev–Trinajstić information content (AvgIpc) is 2.91. The minimum absolute atomic E-state index is 0.0991. The first kappa shape index (κ1) is 19.4. The van der Waals surface area contributed by atoms with E-state index in [4.69, 9.17) is 0 Å². The minimum Gasteiger partial charge on any atom is -0.355 e. The fourth-order valence-corrected chi connectivity index (χ4v) is 4.62. The van der Waals surface area contributed by atoms with E-state index in [0.29, 0.717) is 17.9 Å². The van der Waals surface area contributed by atoms with Crippen molar-refractivity contribution in [1.29, 1.82) is 0 Å². The van der Waals surface area contributed by atoms with Gasteiger partial charge < -0.3 is 5.32 Å². The lowest BCUT2D eigenvalue weighted by atomic mass is 10.2. The van der Waals surface area contributed by atoms with E-state index in [0.717, 1.165) is 5.75 Å². The standard InChI is InChI=1S/C19H21N3O3S2/c1-14-6-8-15(9-7-14)26-13-12-20-18(23)10-11-21-19-16-4-2-3-5-17(16)27(24,25)22-19/h2-9H,10-13H2,1H3,(H,20,23)(H,21,22). The summed E-state index contributed by atoms with van der Waals surface area (Å²) in [6, 6.07) is 14.9. The maximum Gasteiger partial charge on any atom is 0.263 e. The van der Waals surface area contributed by atoms with Gasteiger partial charge in [-0.3, -0.25) is 14.5 Å². The van der Waals surface area contributed by atoms with Gasteiger partial charge in [0.1, 0.15) is 5.84 Å². The second kappa shape index (κ2) is 8.58. The molecule has 2 N–H and O–H groups in total. The van der Waals surface area contributed by atoms with Gasteiger partial charge >= 0.3 is 0 Å². The SMILES string of the molecule is Cc1ccc(SCCNC(=O)CCN=C2NS(=O)(=O)c3ccccc32)cc1. The zero-order valence-corrected chi connectivity index (χ0v) is 16.6. The molecular formula is C19H21N3O3S2. The average molecular weight is 404 g/mol. The summed E-state index contributed by atoms with van der Waals surface area (Å²) in [4.78, 5) is 17.6. The summed E-state index contributed by atoms with van der Waals surface area (Å²) < 4.78 is 26.4. The van der Waals surface area contributed by atoms with Crippen molar-refractivity contribution in [2.75, 3.05) is 18.8 Å². The number of sulfonamides is 1. The lowest BCUT2D eigenvalue weighted by Gasteiger charge is -2.05. The second-order valence-corrected chi connectivity index (χ2v) is 8.91. The number of fused-ring (bicyclic) bond motifs is 1. The highest BCUT2D eigenvalue weighted by atomic mass is 32.2. The van der Waals surface area contributed by atoms with Gasteiger partial charge in [-0.1, -0.05) is 29.8 Å². The van der Waals surface area contributed by atoms with Crippen LogP contribution in [0, 0.1) is 6.92 Å². The number of carbonyl (C=O) groups is 1. The Hall–Kier alpha value is -2.32. The van der Waals surface area contributed by atoms with E-state index in [-0.39, 0.29) is 23.8 Å². The summed E-state index contributed by atoms with van der Waals surface area (Å²) in [5.41, 5.74) is 1.77. The predicted octanol–water partition coefficient (Wildman–Crippen LogP) is 2.33. The smallest absolute Gasteiger partial charge is 0.263 e. The van der Waals surface area contributed by atoms with Crippen molar-refractivity contribution in [2.24, 2.45) is 4.99 Å². The molecule has 2 aromatic carbocycles. The van der Waals surface area contributed by atoms with E-state index in [2.05, 4.69) is 39.3 Å². The van der Waals surface area contributed by atoms with Crippen LogP contribution in [-0.4, -0.2) is 39.0 Å². The molecule has 0 aliphatic carbocycles. The normalized spacial score (nSPS) is 16.0. The molecule has 3 rings (SSSR count). The molecule has 0 radical (unpaired) electrons. The van der Waals surface area contributed by atoms with Crippen molar-refractivity contribution >= 4 is 33.5 Å². The fraction of sp³-hybridized carbons (Fsp3) is 0.263. The van der Waals surface area contributed by atoms with E-state index in [9.17, 15) is 13.2 Å². The molecule has 1 aliphatic heterocycles. The quantitative estimate of drug-likeness (QED) is 0.549. The van der Waals surface area contributed by atoms with Crippen molar-refractivity contribution in [3.05, 3.63) is 59.7 Å². The first-order valence-corrected chi connectivity index (χ1v) is 11.1. The van der Waals surface area contributed by atoms with Gasteiger partial charge in [0, 0.05) is 29.2 Å². The Kier molecular flexibility index (Phi) is 6.18. The van der Waals surface area contributed by atoms with Gasteiger partial charge in [0.2, 0.25) is 5.91 Å². The Balaban J connectivity index is 1.42. The largest absolute Gasteiger partial charge is 0.355 e. The number of nitrogens with zero attached hydrogens (tertiary/aromatic N) is 1. The Morgan fingerprint density at radius 2 is 1.89 bits per heavy atom. The van der Waals surface area contributed by atoms with E-state index in [1.807, 2.05) is 6.92 Å². The third kappa shape index (κ3) is 5.11. The van der Waals surface area contributed by atoms with Gasteiger partial charge in [-0.25, -0.2) is 8.42 Å². The molecule has 6 nitrogen and oxygen atoms in total. The van der Waals surface area contributed by atoms with Crippen molar-refractivity contribution in [3.8, 4) is 0 Å². The molecule has 0 bridgehead atoms. The molecule has 1 amide bonds. The van der Waals surface area contributed by atoms with Crippen LogP contribution in [-0.2, 0) is 14.8 Å². The van der Waals surface area contributed by atoms with Gasteiger partial charge in [-0.15, -0.1) is 11.8 Å². The third-order valence-electron chi connectivity index (χ3n) is 3.99. The van der Waals surface area contributed by atoms with Gasteiger partial charge in [0.15, 0.2) is 0 Å². The molecule has 1 aliphatic rings. The van der Waals surface area contributed by atoms with Gasteiger partial charge in [-0.2, -0.15) is 0 Å². The minimum atomic E-state index is -3.54. The molecule has 0 spiro atoms. The molecule has 1 heterocycles. The monoisotopic (exact) mass is 403 g/mol. The highest BCUT2D eigenvalue weighted by Gasteiger charge is 2.29. The molecule has 0 saturated carbocycles. The summed E-state index contributed by atoms with van der Waals surface area (Å²) in [5, 5.41) is 2.86. The van der Waals surface area contributed by atoms with Crippen LogP contribution in [0.25, 0.3) is 0 Å². The van der Waals surface area contributed by atoms with Crippen molar-refractivity contribution in [3.63, 3.8) is 0 Å². The Labute approximate surface area is 163 Å². The molecule has 0 fully saturated rings. The molecule has 0 unspecified atom stereocenters. The molecule has 27 heavy (non-hydrogen) atoms. The number of amides is 1. The van der Waals surface area contributed by atoms with Gasteiger partial charge in [0.25, 0.3) is 10.0 Å². The zero-order valence-electron chi connectivity index (χ0n) is 14.9. The fourth-order valence-electron chi connectivity index (χ4n) is 2.60. The molecule has 2 aromatic rings. The summed E-state index contributed by atoms with van der Waals surface area (Å²) in [6.07, 6.45) is 0.211. The summed E-state index contributed by atoms with van der Waals surface area (Å²) in [5.74, 6) is 0.988. The topological polar surface area (TPSA) is 87.6 Å². The van der Waals surface area contributed by atoms with E-state index < -0.39 is 10.0 Å². The van der Waals surface area contributed by atoms with Crippen LogP contribution in [0.15, 0.2) is 63.3 Å². The number of benzene rings is 2. The summed E-state index contributed by atoms with van der Waals surface area (Å²) >= 11 is 1.69. The van der Waals surface area contributed by atoms with Crippen LogP contribution in [0.1, 0.15) is 17.5 Å². The lowest BCUT2D eigenvalue weighted by molar-refractivity contribution is -0.120. The van der Waals surface area contributed by atoms with E-state index in [1.165, 1.54) is 10.5 Å². The third-order valence-corrected chi connectivity index (χ3v) is 6.40. The van der Waals surface area contributed by atoms with Crippen molar-refractivity contribution in [2.45, 2.75) is 23.1 Å². The highest BCUT2D eigenvalue weighted by molar-refractivity contribution is 7.99. The summed E-state index contributed by atoms with van der Waals surface area (Å²) in [6.45, 7) is 2.85. The van der Waals surface area contributed by atoms with E-state index >= 15 is 0 Å². The van der Waals surface area contributed by atoms with Crippen LogP contribution >= 0.6 is 11.8 Å². The molecule has 0 atom stereocenters. The van der Waals surface area contributed by atoms with E-state index in [1.54, 1.807) is 36.0 Å². The number of hydrogen-bond donors (Lipinski definition) is 2. The summed E-state index contributed by atoms with van der Waals surface area (Å²) in [7, 11) is -3.54. The van der Waals surface area contributed by atoms with Crippen LogP contribution in [0.3, 0.4) is 0 Å². The predicted molar refractivity (Wildman–Crippen MR) is 108 cm³/mol. The maximum absolute atomic E-state index is 12.0. The van der Waals surface area contributed by atoms with Crippen LogP contribution < -0.4 is 10.0 Å². The highest BCUT2D eigenvalue weighted by Crippen LogP contribution is 2.22. The number of carbonyl (C=O) groups excluding carboxylic acids is 1. The molecule has 0 aromatic heterocycles. The maximum atomic E-state index is 12.0. The molecule has 0 saturated heterocycles.